The Morgan fingerprint density at radius 2 is 1.63 bits per heavy atom. The molecule has 0 spiro atoms. The van der Waals surface area contributed by atoms with Crippen LogP contribution in [0.15, 0.2) is 24.3 Å². The summed E-state index contributed by atoms with van der Waals surface area (Å²) >= 11 is 0. The van der Waals surface area contributed by atoms with Gasteiger partial charge in [-0.3, -0.25) is 24.5 Å². The standard InChI is InChI=1S/C25H36N4O6/c30-21(12-7-5-3-1-2-4-6-8-15-26-25(34)35)27-19-11-9-10-18(16-19)17-23(32)28-20-13-14-22(31)29-24(20)33/h9-11,16,20,26H,1-8,12-15,17H2,(H,27,30)(H,28,32)(H,34,35)(H,29,31,33). The minimum Gasteiger partial charge on any atom is -0.465 e. The minimum atomic E-state index is -0.976. The zero-order chi connectivity index (χ0) is 25.5. The molecule has 5 N–H and O–H groups in total. The van der Waals surface area contributed by atoms with E-state index in [1.54, 1.807) is 24.3 Å². The number of amides is 5. The second-order valence-electron chi connectivity index (χ2n) is 8.81. The summed E-state index contributed by atoms with van der Waals surface area (Å²) in [5.74, 6) is -1.20. The molecule has 1 unspecified atom stereocenters. The van der Waals surface area contributed by atoms with E-state index in [2.05, 4.69) is 21.3 Å². The normalized spacial score (nSPS) is 15.3. The first-order valence-corrected chi connectivity index (χ1v) is 12.3. The zero-order valence-corrected chi connectivity index (χ0v) is 20.1. The summed E-state index contributed by atoms with van der Waals surface area (Å²) in [6.07, 6.45) is 8.05. The van der Waals surface area contributed by atoms with Gasteiger partial charge in [-0.2, -0.15) is 0 Å². The fourth-order valence-corrected chi connectivity index (χ4v) is 3.91. The molecule has 0 aromatic heterocycles. The third-order valence-corrected chi connectivity index (χ3v) is 5.76. The van der Waals surface area contributed by atoms with Gasteiger partial charge in [0.25, 0.3) is 0 Å². The zero-order valence-electron chi connectivity index (χ0n) is 20.1. The number of imide groups is 1. The van der Waals surface area contributed by atoms with Crippen molar-refractivity contribution >= 4 is 35.4 Å². The van der Waals surface area contributed by atoms with Gasteiger partial charge in [0.15, 0.2) is 0 Å². The number of carbonyl (C=O) groups is 5. The SMILES string of the molecule is O=C(O)NCCCCCCCCCCC(=O)Nc1cccc(CC(=O)NC2CCC(=O)NC2=O)c1. The molecule has 1 heterocycles. The number of carboxylic acid groups (broad SMARTS) is 1. The molecular formula is C25H36N4O6. The number of benzene rings is 1. The van der Waals surface area contributed by atoms with Gasteiger partial charge in [0.05, 0.1) is 6.42 Å². The van der Waals surface area contributed by atoms with E-state index < -0.39 is 18.0 Å². The predicted molar refractivity (Wildman–Crippen MR) is 131 cm³/mol. The van der Waals surface area contributed by atoms with Gasteiger partial charge in [0, 0.05) is 25.1 Å². The van der Waals surface area contributed by atoms with Crippen LogP contribution >= 0.6 is 0 Å². The Bertz CT molecular complexity index is 888. The second-order valence-corrected chi connectivity index (χ2v) is 8.81. The van der Waals surface area contributed by atoms with E-state index in [1.807, 2.05) is 0 Å². The van der Waals surface area contributed by atoms with Crippen LogP contribution in [0.25, 0.3) is 0 Å². The van der Waals surface area contributed by atoms with Crippen LogP contribution in [0.1, 0.15) is 76.2 Å². The van der Waals surface area contributed by atoms with Crippen molar-refractivity contribution in [1.29, 1.82) is 0 Å². The first-order chi connectivity index (χ1) is 16.8. The quantitative estimate of drug-likeness (QED) is 0.189. The highest BCUT2D eigenvalue weighted by Crippen LogP contribution is 2.14. The van der Waals surface area contributed by atoms with Crippen molar-refractivity contribution in [3.05, 3.63) is 29.8 Å². The second kappa shape index (κ2) is 15.5. The van der Waals surface area contributed by atoms with Crippen LogP contribution in [0.3, 0.4) is 0 Å². The van der Waals surface area contributed by atoms with Crippen LogP contribution in [0.2, 0.25) is 0 Å². The van der Waals surface area contributed by atoms with Gasteiger partial charge < -0.3 is 21.1 Å². The molecule has 1 atom stereocenters. The van der Waals surface area contributed by atoms with Crippen molar-refractivity contribution in [2.75, 3.05) is 11.9 Å². The molecule has 1 aliphatic heterocycles. The Morgan fingerprint density at radius 1 is 0.943 bits per heavy atom. The number of rotatable bonds is 15. The lowest BCUT2D eigenvalue weighted by molar-refractivity contribution is -0.137. The summed E-state index contributed by atoms with van der Waals surface area (Å²) in [6.45, 7) is 0.503. The lowest BCUT2D eigenvalue weighted by atomic mass is 10.1. The molecule has 192 valence electrons. The van der Waals surface area contributed by atoms with Crippen LogP contribution in [0.4, 0.5) is 10.5 Å². The summed E-state index contributed by atoms with van der Waals surface area (Å²) in [6, 6.07) is 6.35. The lowest BCUT2D eigenvalue weighted by Gasteiger charge is -2.21. The van der Waals surface area contributed by atoms with E-state index in [9.17, 15) is 24.0 Å². The van der Waals surface area contributed by atoms with E-state index >= 15 is 0 Å². The fourth-order valence-electron chi connectivity index (χ4n) is 3.91. The molecule has 1 aromatic carbocycles. The van der Waals surface area contributed by atoms with E-state index in [0.717, 1.165) is 51.4 Å². The van der Waals surface area contributed by atoms with E-state index in [-0.39, 0.29) is 30.6 Å². The molecule has 0 radical (unpaired) electrons. The Balaban J connectivity index is 1.58. The molecular weight excluding hydrogens is 452 g/mol. The first-order valence-electron chi connectivity index (χ1n) is 12.3. The first kappa shape index (κ1) is 27.8. The molecule has 0 saturated carbocycles. The summed E-state index contributed by atoms with van der Waals surface area (Å²) in [7, 11) is 0. The van der Waals surface area contributed by atoms with Crippen molar-refractivity contribution in [1.82, 2.24) is 16.0 Å². The maximum atomic E-state index is 12.3. The summed E-state index contributed by atoms with van der Waals surface area (Å²) in [5, 5.41) is 18.6. The number of carbonyl (C=O) groups excluding carboxylic acids is 4. The fraction of sp³-hybridized carbons (Fsp3) is 0.560. The van der Waals surface area contributed by atoms with Crippen molar-refractivity contribution in [2.45, 2.75) is 83.1 Å². The molecule has 1 saturated heterocycles. The maximum absolute atomic E-state index is 12.3. The minimum absolute atomic E-state index is 0.0670. The van der Waals surface area contributed by atoms with E-state index in [0.29, 0.717) is 30.6 Å². The van der Waals surface area contributed by atoms with Gasteiger partial charge >= 0.3 is 6.09 Å². The number of hydrogen-bond acceptors (Lipinski definition) is 5. The summed E-state index contributed by atoms with van der Waals surface area (Å²) < 4.78 is 0. The van der Waals surface area contributed by atoms with Gasteiger partial charge in [-0.25, -0.2) is 4.79 Å². The van der Waals surface area contributed by atoms with Gasteiger partial charge in [-0.1, -0.05) is 50.7 Å². The molecule has 10 heteroatoms. The van der Waals surface area contributed by atoms with Gasteiger partial charge in [-0.05, 0) is 37.0 Å². The molecule has 1 aliphatic rings. The third kappa shape index (κ3) is 12.0. The topological polar surface area (TPSA) is 154 Å². The smallest absolute Gasteiger partial charge is 0.404 e. The van der Waals surface area contributed by atoms with Gasteiger partial charge in [0.2, 0.25) is 23.6 Å². The Kier molecular flexibility index (Phi) is 12.3. The van der Waals surface area contributed by atoms with Crippen molar-refractivity contribution in [3.8, 4) is 0 Å². The van der Waals surface area contributed by atoms with E-state index in [1.165, 1.54) is 0 Å². The number of unbranched alkanes of at least 4 members (excludes halogenated alkanes) is 7. The van der Waals surface area contributed by atoms with Crippen LogP contribution in [0, 0.1) is 0 Å². The van der Waals surface area contributed by atoms with Crippen molar-refractivity contribution in [2.24, 2.45) is 0 Å². The molecule has 10 nitrogen and oxygen atoms in total. The van der Waals surface area contributed by atoms with Crippen LogP contribution < -0.4 is 21.3 Å². The van der Waals surface area contributed by atoms with E-state index in [4.69, 9.17) is 5.11 Å². The Hall–Kier alpha value is -3.43. The molecule has 35 heavy (non-hydrogen) atoms. The Morgan fingerprint density at radius 3 is 2.31 bits per heavy atom. The number of hydrogen-bond donors (Lipinski definition) is 5. The number of piperidine rings is 1. The van der Waals surface area contributed by atoms with Crippen molar-refractivity contribution < 1.29 is 29.1 Å². The molecule has 2 rings (SSSR count). The average molecular weight is 489 g/mol. The summed E-state index contributed by atoms with van der Waals surface area (Å²) in [5.41, 5.74) is 1.34. The predicted octanol–water partition coefficient (Wildman–Crippen LogP) is 2.87. The van der Waals surface area contributed by atoms with Gasteiger partial charge in [-0.15, -0.1) is 0 Å². The maximum Gasteiger partial charge on any atom is 0.404 e. The average Bonchev–Trinajstić information content (AvgIpc) is 2.79. The van der Waals surface area contributed by atoms with Crippen molar-refractivity contribution in [3.63, 3.8) is 0 Å². The van der Waals surface area contributed by atoms with Gasteiger partial charge in [0.1, 0.15) is 6.04 Å². The number of anilines is 1. The highest BCUT2D eigenvalue weighted by Gasteiger charge is 2.27. The Labute approximate surface area is 205 Å². The molecule has 5 amide bonds. The highest BCUT2D eigenvalue weighted by atomic mass is 16.4. The largest absolute Gasteiger partial charge is 0.465 e. The molecule has 1 fully saturated rings. The third-order valence-electron chi connectivity index (χ3n) is 5.76. The highest BCUT2D eigenvalue weighted by molar-refractivity contribution is 6.01. The molecule has 0 aliphatic carbocycles. The molecule has 0 bridgehead atoms. The molecule has 1 aromatic rings. The number of nitrogens with one attached hydrogen (secondary N) is 4. The summed E-state index contributed by atoms with van der Waals surface area (Å²) in [4.78, 5) is 57.9. The van der Waals surface area contributed by atoms with Crippen LogP contribution in [-0.4, -0.2) is 47.4 Å². The monoisotopic (exact) mass is 488 g/mol. The van der Waals surface area contributed by atoms with Crippen LogP contribution in [0.5, 0.6) is 0 Å². The van der Waals surface area contributed by atoms with Crippen LogP contribution in [-0.2, 0) is 25.6 Å². The lowest BCUT2D eigenvalue weighted by Crippen LogP contribution is -2.52.